The molecule has 0 spiro atoms. The molecule has 0 radical (unpaired) electrons. The molecule has 7 heteroatoms. The third kappa shape index (κ3) is 2.84. The van der Waals surface area contributed by atoms with Crippen LogP contribution in [0.4, 0.5) is 5.69 Å². The lowest BCUT2D eigenvalue weighted by molar-refractivity contribution is 0.685. The number of rotatable bonds is 4. The minimum atomic E-state index is -1.07. The number of hydrogen-bond donors (Lipinski definition) is 0. The molecule has 0 N–H and O–H groups in total. The Labute approximate surface area is 136 Å². The summed E-state index contributed by atoms with van der Waals surface area (Å²) in [5, 5.41) is 1.17. The maximum Gasteiger partial charge on any atom is 0.224 e. The molecule has 0 saturated carbocycles. The van der Waals surface area contributed by atoms with E-state index in [1.165, 1.54) is 0 Å². The van der Waals surface area contributed by atoms with Gasteiger partial charge >= 0.3 is 0 Å². The Bertz CT molecular complexity index is 848. The average Bonchev–Trinajstić information content (AvgIpc) is 2.89. The van der Waals surface area contributed by atoms with Gasteiger partial charge in [-0.25, -0.2) is 9.19 Å². The van der Waals surface area contributed by atoms with Gasteiger partial charge in [0.05, 0.1) is 12.2 Å². The molecule has 0 bridgehead atoms. The molecule has 1 atom stereocenters. The summed E-state index contributed by atoms with van der Waals surface area (Å²) < 4.78 is 15.5. The molecule has 3 aromatic rings. The molecule has 0 amide bonds. The van der Waals surface area contributed by atoms with Crippen LogP contribution in [0.1, 0.15) is 5.56 Å². The van der Waals surface area contributed by atoms with Crippen LogP contribution in [0.25, 0.3) is 11.0 Å². The molecule has 1 unspecified atom stereocenters. The Morgan fingerprint density at radius 3 is 2.86 bits per heavy atom. The smallest absolute Gasteiger partial charge is 0.224 e. The Balaban J connectivity index is 2.02. The fourth-order valence-corrected chi connectivity index (χ4v) is 2.94. The molecule has 22 heavy (non-hydrogen) atoms. The van der Waals surface area contributed by atoms with Crippen LogP contribution in [-0.2, 0) is 17.5 Å². The average molecular weight is 335 g/mol. The first-order valence-electron chi connectivity index (χ1n) is 6.69. The maximum atomic E-state index is 11.7. The zero-order valence-electron chi connectivity index (χ0n) is 12.2. The number of fused-ring (bicyclic) bond motifs is 1. The minimum absolute atomic E-state index is 0.229. The first-order valence-corrected chi connectivity index (χ1v) is 8.58. The van der Waals surface area contributed by atoms with Crippen LogP contribution < -0.4 is 4.31 Å². The van der Waals surface area contributed by atoms with E-state index >= 15 is 0 Å². The summed E-state index contributed by atoms with van der Waals surface area (Å²) >= 11 is 5.89. The first kappa shape index (κ1) is 15.0. The third-order valence-corrected chi connectivity index (χ3v) is 4.68. The largest absolute Gasteiger partial charge is 0.328 e. The van der Waals surface area contributed by atoms with E-state index in [0.29, 0.717) is 6.54 Å². The van der Waals surface area contributed by atoms with E-state index in [-0.39, 0.29) is 5.28 Å². The van der Waals surface area contributed by atoms with Crippen LogP contribution in [0, 0.1) is 0 Å². The monoisotopic (exact) mass is 334 g/mol. The quantitative estimate of drug-likeness (QED) is 0.689. The van der Waals surface area contributed by atoms with Crippen molar-refractivity contribution in [3.05, 3.63) is 53.6 Å². The standard InChI is InChI=1S/C15H15ClN4OS/c1-19(22(2)21)13-6-4-3-5-12(13)10-20-8-7-11-9-17-15(16)18-14(11)20/h3-9H,10H2,1-2H3. The Morgan fingerprint density at radius 1 is 1.32 bits per heavy atom. The highest BCUT2D eigenvalue weighted by atomic mass is 35.5. The van der Waals surface area contributed by atoms with E-state index in [1.54, 1.807) is 16.8 Å². The lowest BCUT2D eigenvalue weighted by Crippen LogP contribution is -2.20. The maximum absolute atomic E-state index is 11.7. The van der Waals surface area contributed by atoms with E-state index in [0.717, 1.165) is 22.3 Å². The zero-order chi connectivity index (χ0) is 15.7. The molecule has 0 aliphatic carbocycles. The highest BCUT2D eigenvalue weighted by Gasteiger charge is 2.11. The number of anilines is 1. The molecule has 114 valence electrons. The lowest BCUT2D eigenvalue weighted by Gasteiger charge is -2.19. The first-order chi connectivity index (χ1) is 10.6. The Kier molecular flexibility index (Phi) is 4.13. The van der Waals surface area contributed by atoms with E-state index in [1.807, 2.05) is 48.1 Å². The van der Waals surface area contributed by atoms with E-state index in [2.05, 4.69) is 9.97 Å². The Morgan fingerprint density at radius 2 is 2.09 bits per heavy atom. The van der Waals surface area contributed by atoms with E-state index in [4.69, 9.17) is 11.6 Å². The van der Waals surface area contributed by atoms with Crippen molar-refractivity contribution in [1.29, 1.82) is 0 Å². The summed E-state index contributed by atoms with van der Waals surface area (Å²) in [6.07, 6.45) is 5.32. The fraction of sp³-hybridized carbons (Fsp3) is 0.200. The van der Waals surface area contributed by atoms with Gasteiger partial charge in [-0.2, -0.15) is 4.98 Å². The summed E-state index contributed by atoms with van der Waals surface area (Å²) in [6.45, 7) is 0.620. The zero-order valence-corrected chi connectivity index (χ0v) is 13.8. The highest BCUT2D eigenvalue weighted by molar-refractivity contribution is 7.85. The molecule has 3 rings (SSSR count). The number of halogens is 1. The van der Waals surface area contributed by atoms with Gasteiger partial charge < -0.3 is 4.57 Å². The van der Waals surface area contributed by atoms with Crippen LogP contribution in [0.2, 0.25) is 5.28 Å². The van der Waals surface area contributed by atoms with Crippen molar-refractivity contribution >= 4 is 39.3 Å². The van der Waals surface area contributed by atoms with Gasteiger partial charge in [0, 0.05) is 31.1 Å². The van der Waals surface area contributed by atoms with E-state index < -0.39 is 11.0 Å². The number of para-hydroxylation sites is 1. The van der Waals surface area contributed by atoms with Gasteiger partial charge in [-0.05, 0) is 29.3 Å². The second-order valence-corrected chi connectivity index (χ2v) is 6.64. The molecule has 0 aliphatic heterocycles. The van der Waals surface area contributed by atoms with Gasteiger partial charge in [-0.1, -0.05) is 18.2 Å². The van der Waals surface area contributed by atoms with Crippen LogP contribution >= 0.6 is 11.6 Å². The molecule has 2 aromatic heterocycles. The second-order valence-electron chi connectivity index (χ2n) is 4.91. The molecule has 2 heterocycles. The third-order valence-electron chi connectivity index (χ3n) is 3.53. The molecule has 0 fully saturated rings. The minimum Gasteiger partial charge on any atom is -0.328 e. The van der Waals surface area contributed by atoms with Gasteiger partial charge in [-0.3, -0.25) is 4.31 Å². The molecule has 0 aliphatic rings. The molecule has 1 aromatic carbocycles. The van der Waals surface area contributed by atoms with Crippen LogP contribution in [0.3, 0.4) is 0 Å². The summed E-state index contributed by atoms with van der Waals surface area (Å²) in [6, 6.07) is 9.85. The topological polar surface area (TPSA) is 51.0 Å². The summed E-state index contributed by atoms with van der Waals surface area (Å²) in [5.41, 5.74) is 2.79. The Hall–Kier alpha value is -1.92. The fourth-order valence-electron chi connectivity index (χ4n) is 2.35. The van der Waals surface area contributed by atoms with Crippen LogP contribution in [-0.4, -0.2) is 32.0 Å². The summed E-state index contributed by atoms with van der Waals surface area (Å²) in [7, 11) is 0.748. The second kappa shape index (κ2) is 6.06. The van der Waals surface area contributed by atoms with Crippen LogP contribution in [0.5, 0.6) is 0 Å². The predicted octanol–water partition coefficient (Wildman–Crippen LogP) is 2.86. The van der Waals surface area contributed by atoms with Gasteiger partial charge in [0.2, 0.25) is 5.28 Å². The highest BCUT2D eigenvalue weighted by Crippen LogP contribution is 2.23. The van der Waals surface area contributed by atoms with Gasteiger partial charge in [-0.15, -0.1) is 0 Å². The van der Waals surface area contributed by atoms with Crippen molar-refractivity contribution < 1.29 is 4.21 Å². The van der Waals surface area contributed by atoms with Crippen LogP contribution in [0.15, 0.2) is 42.7 Å². The van der Waals surface area contributed by atoms with Crippen molar-refractivity contribution in [1.82, 2.24) is 14.5 Å². The number of nitrogens with zero attached hydrogens (tertiary/aromatic N) is 4. The molecular weight excluding hydrogens is 320 g/mol. The SMILES string of the molecule is CN(c1ccccc1Cn1ccc2cnc(Cl)nc21)S(C)=O. The van der Waals surface area contributed by atoms with Gasteiger partial charge in [0.15, 0.2) is 0 Å². The van der Waals surface area contributed by atoms with Crippen molar-refractivity contribution in [2.75, 3.05) is 17.6 Å². The molecule has 0 saturated heterocycles. The lowest BCUT2D eigenvalue weighted by atomic mass is 10.2. The molecular formula is C15H15ClN4OS. The number of aromatic nitrogens is 3. The number of hydrogen-bond acceptors (Lipinski definition) is 3. The summed E-state index contributed by atoms with van der Waals surface area (Å²) in [4.78, 5) is 8.27. The normalized spacial score (nSPS) is 12.5. The van der Waals surface area contributed by atoms with Gasteiger partial charge in [0.25, 0.3) is 0 Å². The molecule has 5 nitrogen and oxygen atoms in total. The van der Waals surface area contributed by atoms with Gasteiger partial charge in [0.1, 0.15) is 16.6 Å². The number of benzene rings is 1. The van der Waals surface area contributed by atoms with Crippen molar-refractivity contribution in [3.63, 3.8) is 0 Å². The predicted molar refractivity (Wildman–Crippen MR) is 90.6 cm³/mol. The van der Waals surface area contributed by atoms with E-state index in [9.17, 15) is 4.21 Å². The van der Waals surface area contributed by atoms with Crippen molar-refractivity contribution in [3.8, 4) is 0 Å². The van der Waals surface area contributed by atoms with Crippen molar-refractivity contribution in [2.24, 2.45) is 0 Å². The summed E-state index contributed by atoms with van der Waals surface area (Å²) in [5.74, 6) is 0. The van der Waals surface area contributed by atoms with Crippen molar-refractivity contribution in [2.45, 2.75) is 6.54 Å².